The van der Waals surface area contributed by atoms with Crippen LogP contribution in [0.15, 0.2) is 29.2 Å². The molecule has 15 heavy (non-hydrogen) atoms. The summed E-state index contributed by atoms with van der Waals surface area (Å²) in [7, 11) is 0. The quantitative estimate of drug-likeness (QED) is 0.471. The monoisotopic (exact) mass is 219 g/mol. The molecule has 2 aromatic rings. The van der Waals surface area contributed by atoms with Crippen LogP contribution in [0, 0.1) is 0 Å². The molecule has 1 heterocycles. The minimum absolute atomic E-state index is 0.225. The molecule has 0 amide bonds. The maximum atomic E-state index is 10.0. The van der Waals surface area contributed by atoms with E-state index < -0.39 is 0 Å². The van der Waals surface area contributed by atoms with Crippen molar-refractivity contribution < 1.29 is 10.2 Å². The number of fused-ring (bicyclic) bond motifs is 2. The zero-order valence-electron chi connectivity index (χ0n) is 7.82. The normalized spacial score (nSPS) is 13.9. The topological polar surface area (TPSA) is 52.5 Å². The molecule has 0 fully saturated rings. The lowest BCUT2D eigenvalue weighted by Crippen LogP contribution is -1.89. The van der Waals surface area contributed by atoms with E-state index in [2.05, 4.69) is 5.32 Å². The van der Waals surface area contributed by atoms with Crippen molar-refractivity contribution in [3.8, 4) is 11.5 Å². The Hall–Kier alpha value is -1.55. The van der Waals surface area contributed by atoms with Crippen molar-refractivity contribution in [3.63, 3.8) is 0 Å². The van der Waals surface area contributed by atoms with Crippen molar-refractivity contribution in [2.75, 3.05) is 11.2 Å². The molecule has 0 saturated carbocycles. The molecule has 0 saturated heterocycles. The smallest absolute Gasteiger partial charge is 0.147 e. The van der Waals surface area contributed by atoms with Gasteiger partial charge in [0.2, 0.25) is 0 Å². The van der Waals surface area contributed by atoms with Gasteiger partial charge in [-0.2, -0.15) is 0 Å². The summed E-state index contributed by atoms with van der Waals surface area (Å²) in [5, 5.41) is 24.5. The van der Waals surface area contributed by atoms with Crippen LogP contribution < -0.4 is 5.32 Å². The summed E-state index contributed by atoms with van der Waals surface area (Å²) in [5.74, 6) is 1.17. The van der Waals surface area contributed by atoms with E-state index in [1.165, 1.54) is 11.8 Å². The highest BCUT2D eigenvalue weighted by Crippen LogP contribution is 2.50. The van der Waals surface area contributed by atoms with Gasteiger partial charge in [0, 0.05) is 10.8 Å². The van der Waals surface area contributed by atoms with E-state index in [-0.39, 0.29) is 11.5 Å². The maximum absolute atomic E-state index is 10.0. The number of aromatic hydroxyl groups is 2. The van der Waals surface area contributed by atoms with Crippen LogP contribution >= 0.6 is 11.8 Å². The number of hydrogen-bond acceptors (Lipinski definition) is 4. The third-order valence-electron chi connectivity index (χ3n) is 2.58. The van der Waals surface area contributed by atoms with E-state index in [1.54, 1.807) is 6.07 Å². The largest absolute Gasteiger partial charge is 0.506 e. The lowest BCUT2D eigenvalue weighted by atomic mass is 10.1. The molecule has 3 rings (SSSR count). The molecule has 1 aliphatic heterocycles. The zero-order valence-corrected chi connectivity index (χ0v) is 8.64. The molecular weight excluding hydrogens is 210 g/mol. The Morgan fingerprint density at radius 1 is 1.07 bits per heavy atom. The minimum Gasteiger partial charge on any atom is -0.506 e. The van der Waals surface area contributed by atoms with Crippen LogP contribution in [-0.4, -0.2) is 16.1 Å². The van der Waals surface area contributed by atoms with Gasteiger partial charge >= 0.3 is 0 Å². The number of thioether (sulfide) groups is 1. The summed E-state index contributed by atoms with van der Waals surface area (Å²) in [4.78, 5) is 0.742. The highest BCUT2D eigenvalue weighted by atomic mass is 32.2. The molecule has 2 aromatic carbocycles. The van der Waals surface area contributed by atoms with Gasteiger partial charge in [-0.1, -0.05) is 36.0 Å². The number of nitrogens with one attached hydrogen (secondary N) is 1. The van der Waals surface area contributed by atoms with Gasteiger partial charge in [-0.05, 0) is 0 Å². The first kappa shape index (κ1) is 8.73. The van der Waals surface area contributed by atoms with Crippen LogP contribution in [0.4, 0.5) is 5.69 Å². The predicted octanol–water partition coefficient (Wildman–Crippen LogP) is 2.73. The van der Waals surface area contributed by atoms with E-state index in [1.807, 2.05) is 18.2 Å². The van der Waals surface area contributed by atoms with Crippen LogP contribution in [-0.2, 0) is 0 Å². The maximum Gasteiger partial charge on any atom is 0.147 e. The highest BCUT2D eigenvalue weighted by Gasteiger charge is 2.22. The Labute approximate surface area is 90.7 Å². The predicted molar refractivity (Wildman–Crippen MR) is 61.6 cm³/mol. The van der Waals surface area contributed by atoms with Gasteiger partial charge in [0.05, 0.1) is 16.5 Å². The molecule has 4 heteroatoms. The summed E-state index contributed by atoms with van der Waals surface area (Å²) in [5.41, 5.74) is 0.649. The SMILES string of the molecule is Oc1c2c(c(O)c3ccccc13)SCN2. The van der Waals surface area contributed by atoms with Crippen LogP contribution in [0.3, 0.4) is 0 Å². The van der Waals surface area contributed by atoms with E-state index in [0.717, 1.165) is 4.90 Å². The molecule has 3 nitrogen and oxygen atoms in total. The molecule has 3 N–H and O–H groups in total. The fraction of sp³-hybridized carbons (Fsp3) is 0.0909. The number of phenols is 2. The Bertz CT molecular complexity index is 505. The molecule has 0 aliphatic carbocycles. The molecule has 0 aromatic heterocycles. The third kappa shape index (κ3) is 1.08. The number of phenolic OH excluding ortho intramolecular Hbond substituents is 2. The number of anilines is 1. The first-order valence-electron chi connectivity index (χ1n) is 4.62. The number of benzene rings is 2. The van der Waals surface area contributed by atoms with E-state index >= 15 is 0 Å². The molecule has 0 radical (unpaired) electrons. The summed E-state index contributed by atoms with van der Waals surface area (Å²) in [6.07, 6.45) is 0. The van der Waals surface area contributed by atoms with Crippen LogP contribution in [0.1, 0.15) is 0 Å². The first-order valence-corrected chi connectivity index (χ1v) is 5.61. The zero-order chi connectivity index (χ0) is 10.4. The molecule has 0 atom stereocenters. The molecule has 1 aliphatic rings. The van der Waals surface area contributed by atoms with Crippen LogP contribution in [0.5, 0.6) is 11.5 Å². The number of hydrogen-bond donors (Lipinski definition) is 3. The van der Waals surface area contributed by atoms with Gasteiger partial charge in [0.15, 0.2) is 0 Å². The Kier molecular flexibility index (Phi) is 1.73. The standard InChI is InChI=1S/C11H9NO2S/c13-9-6-3-1-2-4-7(6)10(14)11-8(9)12-5-15-11/h1-4,12-14H,5H2. The second-order valence-electron chi connectivity index (χ2n) is 3.41. The summed E-state index contributed by atoms with van der Waals surface area (Å²) >= 11 is 1.50. The molecular formula is C11H9NO2S. The van der Waals surface area contributed by atoms with E-state index in [4.69, 9.17) is 0 Å². The van der Waals surface area contributed by atoms with Gasteiger partial charge in [0.1, 0.15) is 11.5 Å². The van der Waals surface area contributed by atoms with E-state index in [0.29, 0.717) is 22.3 Å². The highest BCUT2D eigenvalue weighted by molar-refractivity contribution is 8.00. The van der Waals surface area contributed by atoms with Gasteiger partial charge < -0.3 is 15.5 Å². The van der Waals surface area contributed by atoms with Gasteiger partial charge in [0.25, 0.3) is 0 Å². The average Bonchev–Trinajstić information content (AvgIpc) is 2.75. The summed E-state index contributed by atoms with van der Waals surface area (Å²) < 4.78 is 0. The second kappa shape index (κ2) is 2.97. The molecule has 0 unspecified atom stereocenters. The summed E-state index contributed by atoms with van der Waals surface area (Å²) in [6, 6.07) is 7.30. The van der Waals surface area contributed by atoms with Crippen molar-refractivity contribution in [1.82, 2.24) is 0 Å². The van der Waals surface area contributed by atoms with Crippen LogP contribution in [0.2, 0.25) is 0 Å². The van der Waals surface area contributed by atoms with Crippen LogP contribution in [0.25, 0.3) is 10.8 Å². The first-order chi connectivity index (χ1) is 7.29. The minimum atomic E-state index is 0.225. The molecule has 0 bridgehead atoms. The van der Waals surface area contributed by atoms with Crippen molar-refractivity contribution in [3.05, 3.63) is 24.3 Å². The van der Waals surface area contributed by atoms with Crippen molar-refractivity contribution in [1.29, 1.82) is 0 Å². The second-order valence-corrected chi connectivity index (χ2v) is 4.40. The Morgan fingerprint density at radius 2 is 1.73 bits per heavy atom. The fourth-order valence-corrected chi connectivity index (χ4v) is 2.78. The van der Waals surface area contributed by atoms with Gasteiger partial charge in [-0.25, -0.2) is 0 Å². The van der Waals surface area contributed by atoms with Crippen molar-refractivity contribution >= 4 is 28.2 Å². The Morgan fingerprint density at radius 3 is 2.47 bits per heavy atom. The molecule has 76 valence electrons. The van der Waals surface area contributed by atoms with Gasteiger partial charge in [-0.15, -0.1) is 0 Å². The van der Waals surface area contributed by atoms with Crippen molar-refractivity contribution in [2.24, 2.45) is 0 Å². The van der Waals surface area contributed by atoms with Crippen molar-refractivity contribution in [2.45, 2.75) is 4.90 Å². The lowest BCUT2D eigenvalue weighted by molar-refractivity contribution is 0.461. The fourth-order valence-electron chi connectivity index (χ4n) is 1.86. The average molecular weight is 219 g/mol. The molecule has 0 spiro atoms. The summed E-state index contributed by atoms with van der Waals surface area (Å²) in [6.45, 7) is 0. The number of rotatable bonds is 0. The van der Waals surface area contributed by atoms with Gasteiger partial charge in [-0.3, -0.25) is 0 Å². The third-order valence-corrected chi connectivity index (χ3v) is 3.56. The Balaban J connectivity index is 2.51. The van der Waals surface area contributed by atoms with E-state index in [9.17, 15) is 10.2 Å². The lowest BCUT2D eigenvalue weighted by Gasteiger charge is -2.09.